The third-order valence-electron chi connectivity index (χ3n) is 4.73. The number of hydrogen-bond donors (Lipinski definition) is 1. The molecule has 2 aromatic rings. The summed E-state index contributed by atoms with van der Waals surface area (Å²) < 4.78 is 10.6. The number of carbonyl (C=O) groups excluding carboxylic acids is 2. The van der Waals surface area contributed by atoms with Gasteiger partial charge in [0.05, 0.1) is 19.1 Å². The van der Waals surface area contributed by atoms with Gasteiger partial charge in [0.2, 0.25) is 0 Å². The highest BCUT2D eigenvalue weighted by atomic mass is 32.1. The SMILES string of the molecule is COc1ccc(C=C(NC(=O)c2cccs2)C(=O)N2CCN(C)CC2)cc1OC. The number of thiophene rings is 1. The quantitative estimate of drug-likeness (QED) is 0.733. The molecule has 2 amide bonds. The maximum Gasteiger partial charge on any atom is 0.270 e. The van der Waals surface area contributed by atoms with Crippen molar-refractivity contribution >= 4 is 29.2 Å². The van der Waals surface area contributed by atoms with Crippen LogP contribution in [-0.2, 0) is 4.79 Å². The Labute approximate surface area is 174 Å². The number of benzene rings is 1. The summed E-state index contributed by atoms with van der Waals surface area (Å²) in [4.78, 5) is 30.3. The number of likely N-dealkylation sites (N-methyl/N-ethyl adjacent to an activating group) is 1. The van der Waals surface area contributed by atoms with Crippen LogP contribution in [0.25, 0.3) is 6.08 Å². The Hall–Kier alpha value is -2.84. The highest BCUT2D eigenvalue weighted by Gasteiger charge is 2.24. The van der Waals surface area contributed by atoms with Gasteiger partial charge < -0.3 is 24.6 Å². The van der Waals surface area contributed by atoms with Crippen LogP contribution in [-0.4, -0.2) is 69.1 Å². The third-order valence-corrected chi connectivity index (χ3v) is 5.60. The van der Waals surface area contributed by atoms with Crippen molar-refractivity contribution in [3.63, 3.8) is 0 Å². The van der Waals surface area contributed by atoms with E-state index < -0.39 is 0 Å². The Morgan fingerprint density at radius 3 is 2.41 bits per heavy atom. The van der Waals surface area contributed by atoms with Crippen LogP contribution in [0.4, 0.5) is 0 Å². The van der Waals surface area contributed by atoms with E-state index in [0.717, 1.165) is 18.7 Å². The van der Waals surface area contributed by atoms with Crippen LogP contribution in [0.15, 0.2) is 41.4 Å². The molecule has 0 saturated carbocycles. The summed E-state index contributed by atoms with van der Waals surface area (Å²) >= 11 is 1.33. The van der Waals surface area contributed by atoms with Crippen molar-refractivity contribution in [1.82, 2.24) is 15.1 Å². The van der Waals surface area contributed by atoms with Gasteiger partial charge in [-0.25, -0.2) is 0 Å². The van der Waals surface area contributed by atoms with Crippen molar-refractivity contribution in [2.75, 3.05) is 47.4 Å². The van der Waals surface area contributed by atoms with Gasteiger partial charge in [-0.1, -0.05) is 12.1 Å². The van der Waals surface area contributed by atoms with E-state index in [2.05, 4.69) is 10.2 Å². The standard InChI is InChI=1S/C21H25N3O4S/c1-23-8-10-24(11-9-23)21(26)16(22-20(25)19-5-4-12-29-19)13-15-6-7-17(27-2)18(14-15)28-3/h4-7,12-14H,8-11H2,1-3H3,(H,22,25). The minimum Gasteiger partial charge on any atom is -0.493 e. The first-order valence-electron chi connectivity index (χ1n) is 9.28. The van der Waals surface area contributed by atoms with Gasteiger partial charge in [0.25, 0.3) is 11.8 Å². The molecule has 0 aliphatic carbocycles. The van der Waals surface area contributed by atoms with Crippen molar-refractivity contribution in [1.29, 1.82) is 0 Å². The molecule has 1 aliphatic rings. The second-order valence-corrected chi connectivity index (χ2v) is 7.65. The van der Waals surface area contributed by atoms with Crippen LogP contribution >= 0.6 is 11.3 Å². The van der Waals surface area contributed by atoms with Gasteiger partial charge in [-0.15, -0.1) is 11.3 Å². The fraction of sp³-hybridized carbons (Fsp3) is 0.333. The van der Waals surface area contributed by atoms with E-state index in [9.17, 15) is 9.59 Å². The molecule has 0 unspecified atom stereocenters. The molecule has 0 atom stereocenters. The number of nitrogens with zero attached hydrogens (tertiary/aromatic N) is 2. The zero-order valence-electron chi connectivity index (χ0n) is 16.8. The van der Waals surface area contributed by atoms with E-state index in [4.69, 9.17) is 9.47 Å². The fourth-order valence-electron chi connectivity index (χ4n) is 3.03. The van der Waals surface area contributed by atoms with Crippen molar-refractivity contribution in [2.45, 2.75) is 0 Å². The summed E-state index contributed by atoms with van der Waals surface area (Å²) in [5.74, 6) is 0.656. The Balaban J connectivity index is 1.90. The molecule has 1 aromatic carbocycles. The number of piperazine rings is 1. The largest absolute Gasteiger partial charge is 0.493 e. The predicted octanol–water partition coefficient (Wildman–Crippen LogP) is 2.31. The molecule has 0 radical (unpaired) electrons. The van der Waals surface area contributed by atoms with E-state index in [1.807, 2.05) is 18.5 Å². The average molecular weight is 416 g/mol. The topological polar surface area (TPSA) is 71.1 Å². The normalized spacial score (nSPS) is 15.1. The molecule has 0 bridgehead atoms. The van der Waals surface area contributed by atoms with Gasteiger partial charge in [0.15, 0.2) is 11.5 Å². The molecular weight excluding hydrogens is 390 g/mol. The smallest absolute Gasteiger partial charge is 0.270 e. The van der Waals surface area contributed by atoms with E-state index in [-0.39, 0.29) is 17.5 Å². The molecule has 154 valence electrons. The molecule has 1 fully saturated rings. The average Bonchev–Trinajstić information content (AvgIpc) is 3.28. The second kappa shape index (κ2) is 9.58. The Bertz CT molecular complexity index is 887. The monoisotopic (exact) mass is 415 g/mol. The Morgan fingerprint density at radius 2 is 1.79 bits per heavy atom. The Kier molecular flexibility index (Phi) is 6.90. The van der Waals surface area contributed by atoms with Gasteiger partial charge >= 0.3 is 0 Å². The molecule has 7 nitrogen and oxygen atoms in total. The first-order chi connectivity index (χ1) is 14.0. The summed E-state index contributed by atoms with van der Waals surface area (Å²) in [6.45, 7) is 2.84. The maximum atomic E-state index is 13.2. The van der Waals surface area contributed by atoms with Crippen LogP contribution in [0, 0.1) is 0 Å². The molecule has 1 saturated heterocycles. The van der Waals surface area contributed by atoms with Crippen molar-refractivity contribution in [3.8, 4) is 11.5 Å². The number of rotatable bonds is 6. The van der Waals surface area contributed by atoms with Crippen molar-refractivity contribution in [2.24, 2.45) is 0 Å². The number of hydrogen-bond acceptors (Lipinski definition) is 6. The summed E-state index contributed by atoms with van der Waals surface area (Å²) in [5, 5.41) is 4.63. The summed E-state index contributed by atoms with van der Waals surface area (Å²) in [7, 11) is 5.15. The zero-order valence-corrected chi connectivity index (χ0v) is 17.6. The first-order valence-corrected chi connectivity index (χ1v) is 10.2. The molecule has 3 rings (SSSR count). The summed E-state index contributed by atoms with van der Waals surface area (Å²) in [6, 6.07) is 8.89. The van der Waals surface area contributed by atoms with Gasteiger partial charge in [-0.2, -0.15) is 0 Å². The van der Waals surface area contributed by atoms with Crippen LogP contribution in [0.2, 0.25) is 0 Å². The number of carbonyl (C=O) groups is 2. The van der Waals surface area contributed by atoms with Gasteiger partial charge in [-0.05, 0) is 42.3 Å². The highest BCUT2D eigenvalue weighted by molar-refractivity contribution is 7.12. The molecule has 0 spiro atoms. The summed E-state index contributed by atoms with van der Waals surface area (Å²) in [5.41, 5.74) is 0.965. The minimum atomic E-state index is -0.297. The molecule has 1 N–H and O–H groups in total. The maximum absolute atomic E-state index is 13.2. The van der Waals surface area contributed by atoms with Crippen LogP contribution in [0.5, 0.6) is 11.5 Å². The summed E-state index contributed by atoms with van der Waals surface area (Å²) in [6.07, 6.45) is 1.67. The van der Waals surface area contributed by atoms with Crippen LogP contribution < -0.4 is 14.8 Å². The number of amides is 2. The lowest BCUT2D eigenvalue weighted by atomic mass is 10.1. The van der Waals surface area contributed by atoms with E-state index in [1.54, 1.807) is 49.5 Å². The molecule has 1 aromatic heterocycles. The van der Waals surface area contributed by atoms with E-state index in [1.165, 1.54) is 11.3 Å². The van der Waals surface area contributed by atoms with E-state index >= 15 is 0 Å². The zero-order chi connectivity index (χ0) is 20.8. The van der Waals surface area contributed by atoms with Gasteiger partial charge in [-0.3, -0.25) is 9.59 Å². The fourth-order valence-corrected chi connectivity index (χ4v) is 3.65. The number of methoxy groups -OCH3 is 2. The molecule has 2 heterocycles. The predicted molar refractivity (Wildman–Crippen MR) is 113 cm³/mol. The molecule has 1 aliphatic heterocycles. The highest BCUT2D eigenvalue weighted by Crippen LogP contribution is 2.28. The second-order valence-electron chi connectivity index (χ2n) is 6.70. The lowest BCUT2D eigenvalue weighted by molar-refractivity contribution is -0.128. The number of ether oxygens (including phenoxy) is 2. The lowest BCUT2D eigenvalue weighted by Gasteiger charge is -2.33. The third kappa shape index (κ3) is 5.16. The number of nitrogens with one attached hydrogen (secondary N) is 1. The van der Waals surface area contributed by atoms with Crippen LogP contribution in [0.1, 0.15) is 15.2 Å². The molecular formula is C21H25N3O4S. The van der Waals surface area contributed by atoms with Gasteiger partial charge in [0.1, 0.15) is 5.70 Å². The van der Waals surface area contributed by atoms with Crippen molar-refractivity contribution < 1.29 is 19.1 Å². The lowest BCUT2D eigenvalue weighted by Crippen LogP contribution is -2.49. The first kappa shape index (κ1) is 20.9. The molecule has 29 heavy (non-hydrogen) atoms. The minimum absolute atomic E-state index is 0.196. The Morgan fingerprint density at radius 1 is 1.07 bits per heavy atom. The van der Waals surface area contributed by atoms with Gasteiger partial charge in [0, 0.05) is 26.2 Å². The van der Waals surface area contributed by atoms with E-state index in [0.29, 0.717) is 29.5 Å². The van der Waals surface area contributed by atoms with Crippen molar-refractivity contribution in [3.05, 3.63) is 51.8 Å². The van der Waals surface area contributed by atoms with Crippen LogP contribution in [0.3, 0.4) is 0 Å². The molecule has 8 heteroatoms.